The van der Waals surface area contributed by atoms with E-state index in [0.29, 0.717) is 0 Å². The molecule has 8 rings (SSSR count). The van der Waals surface area contributed by atoms with Crippen molar-refractivity contribution in [2.45, 2.75) is 12.3 Å². The summed E-state index contributed by atoms with van der Waals surface area (Å²) in [4.78, 5) is 0. The zero-order valence-electron chi connectivity index (χ0n) is 43.6. The van der Waals surface area contributed by atoms with Crippen molar-refractivity contribution in [3.8, 4) is 22.3 Å². The standard InChI is InChI=1S/C38H26O/c1-2-11-25(12-3-1)26-21-23-27(24-22-26)36-28-13-4-6-15-30(28)37(31-16-7-5-14-29(31)36)33-18-10-20-35-38(33)32-17-8-9-19-34(32)39-35/h1-11,13-25H,12H2/i1D,2D,3D,4D,5D,6D,7D,8D,9D,10D,11D,12D,13D,14D,15D,16D,17D,18D,19D,20D,21D,22D,23D,24D. The first-order valence-electron chi connectivity index (χ1n) is 23.7. The van der Waals surface area contributed by atoms with E-state index in [2.05, 4.69) is 0 Å². The van der Waals surface area contributed by atoms with Crippen LogP contribution in [0.3, 0.4) is 0 Å². The Balaban J connectivity index is 1.70. The van der Waals surface area contributed by atoms with E-state index in [0.717, 1.165) is 0 Å². The van der Waals surface area contributed by atoms with Gasteiger partial charge in [0, 0.05) is 18.1 Å². The summed E-state index contributed by atoms with van der Waals surface area (Å²) in [6.45, 7) is 0. The summed E-state index contributed by atoms with van der Waals surface area (Å²) in [6, 6.07) is -20.0. The first kappa shape index (κ1) is 8.83. The van der Waals surface area contributed by atoms with Gasteiger partial charge in [-0.1, -0.05) is 127 Å². The van der Waals surface area contributed by atoms with Crippen molar-refractivity contribution in [3.63, 3.8) is 0 Å². The number of hydrogen-bond donors (Lipinski definition) is 0. The van der Waals surface area contributed by atoms with Crippen LogP contribution in [0.15, 0.2) is 143 Å². The Bertz CT molecular complexity index is 3290. The molecule has 39 heavy (non-hydrogen) atoms. The second-order valence-corrected chi connectivity index (χ2v) is 8.48. The number of hydrogen-bond acceptors (Lipinski definition) is 1. The molecule has 0 fully saturated rings. The summed E-state index contributed by atoms with van der Waals surface area (Å²) < 4.78 is 218. The fourth-order valence-corrected chi connectivity index (χ4v) is 4.75. The quantitative estimate of drug-likeness (QED) is 0.210. The highest BCUT2D eigenvalue weighted by atomic mass is 16.3. The molecule has 0 bridgehead atoms. The van der Waals surface area contributed by atoms with E-state index in [1.807, 2.05) is 0 Å². The van der Waals surface area contributed by atoms with Gasteiger partial charge in [-0.25, -0.2) is 0 Å². The van der Waals surface area contributed by atoms with Crippen LogP contribution < -0.4 is 0 Å². The van der Waals surface area contributed by atoms with Crippen molar-refractivity contribution in [3.05, 3.63) is 145 Å². The molecule has 0 radical (unpaired) electrons. The van der Waals surface area contributed by atoms with Crippen LogP contribution in [0.4, 0.5) is 0 Å². The molecule has 0 amide bonds. The predicted octanol–water partition coefficient (Wildman–Crippen LogP) is 10.8. The van der Waals surface area contributed by atoms with Gasteiger partial charge in [-0.3, -0.25) is 0 Å². The van der Waals surface area contributed by atoms with Crippen molar-refractivity contribution >= 4 is 43.5 Å². The molecule has 1 aliphatic carbocycles. The fourth-order valence-electron chi connectivity index (χ4n) is 4.75. The monoisotopic (exact) mass is 522 g/mol. The molecular formula is C38H26O. The topological polar surface area (TPSA) is 13.1 Å². The van der Waals surface area contributed by atoms with Crippen LogP contribution in [-0.2, 0) is 0 Å². The van der Waals surface area contributed by atoms with E-state index < -0.39 is 223 Å². The lowest BCUT2D eigenvalue weighted by Crippen LogP contribution is -1.96. The lowest BCUT2D eigenvalue weighted by molar-refractivity contribution is 0.669. The molecule has 0 aliphatic heterocycles. The zero-order valence-corrected chi connectivity index (χ0v) is 19.6. The minimum atomic E-state index is -1.84. The van der Waals surface area contributed by atoms with Crippen LogP contribution in [0, 0.1) is 0 Å². The van der Waals surface area contributed by atoms with E-state index in [-0.39, 0.29) is 0 Å². The van der Waals surface area contributed by atoms with Crippen LogP contribution in [-0.4, -0.2) is 0 Å². The maximum atomic E-state index is 9.34. The van der Waals surface area contributed by atoms with Crippen molar-refractivity contribution < 1.29 is 37.3 Å². The largest absolute Gasteiger partial charge is 0.456 e. The number of allylic oxidation sites excluding steroid dienone is 4. The van der Waals surface area contributed by atoms with Crippen LogP contribution in [0.5, 0.6) is 0 Å². The maximum absolute atomic E-state index is 9.34. The molecule has 1 aromatic heterocycles. The molecule has 0 N–H and O–H groups in total. The lowest BCUT2D eigenvalue weighted by atomic mass is 9.84. The second kappa shape index (κ2) is 8.85. The molecule has 6 aromatic carbocycles. The Labute approximate surface area is 261 Å². The third-order valence-electron chi connectivity index (χ3n) is 6.39. The van der Waals surface area contributed by atoms with Gasteiger partial charge in [0.2, 0.25) is 0 Å². The molecule has 7 aromatic rings. The number of furan rings is 1. The predicted molar refractivity (Wildman–Crippen MR) is 165 cm³/mol. The molecule has 0 saturated carbocycles. The molecule has 0 saturated heterocycles. The molecule has 2 atom stereocenters. The second-order valence-electron chi connectivity index (χ2n) is 8.48. The first-order chi connectivity index (χ1) is 29.3. The van der Waals surface area contributed by atoms with Crippen molar-refractivity contribution in [2.75, 3.05) is 0 Å². The summed E-state index contributed by atoms with van der Waals surface area (Å²) in [7, 11) is 0. The average Bonchev–Trinajstić information content (AvgIpc) is 3.66. The van der Waals surface area contributed by atoms with E-state index in [1.165, 1.54) is 0 Å². The maximum Gasteiger partial charge on any atom is 0.136 e. The Morgan fingerprint density at radius 1 is 0.590 bits per heavy atom. The van der Waals surface area contributed by atoms with Gasteiger partial charge in [0.05, 0.1) is 31.5 Å². The van der Waals surface area contributed by atoms with Crippen molar-refractivity contribution in [2.24, 2.45) is 0 Å². The fraction of sp³-hybridized carbons (Fsp3) is 0.0526. The van der Waals surface area contributed by atoms with Gasteiger partial charge in [0.1, 0.15) is 11.2 Å². The molecule has 1 heteroatoms. The Morgan fingerprint density at radius 2 is 1.21 bits per heavy atom. The molecular weight excluding hydrogens is 472 g/mol. The Kier molecular flexibility index (Phi) is 2.00. The van der Waals surface area contributed by atoms with E-state index in [4.69, 9.17) is 27.7 Å². The summed E-state index contributed by atoms with van der Waals surface area (Å²) in [6.07, 6.45) is -1.84. The Hall–Kier alpha value is -4.88. The number of rotatable bonds is 3. The zero-order chi connectivity index (χ0) is 46.6. The molecule has 2 unspecified atom stereocenters. The van der Waals surface area contributed by atoms with E-state index >= 15 is 0 Å². The molecule has 184 valence electrons. The van der Waals surface area contributed by atoms with Crippen molar-refractivity contribution in [1.82, 2.24) is 0 Å². The average molecular weight is 523 g/mol. The molecule has 1 aliphatic rings. The van der Waals surface area contributed by atoms with Gasteiger partial charge in [-0.05, 0) is 67.8 Å². The van der Waals surface area contributed by atoms with E-state index in [1.54, 1.807) is 0 Å². The minimum absolute atomic E-state index is 0.437. The van der Waals surface area contributed by atoms with E-state index in [9.17, 15) is 9.60 Å². The molecule has 1 nitrogen and oxygen atoms in total. The molecule has 0 spiro atoms. The molecule has 1 heterocycles. The summed E-state index contributed by atoms with van der Waals surface area (Å²) >= 11 is 0. The summed E-state index contributed by atoms with van der Waals surface area (Å²) in [5, 5.41) is -3.55. The van der Waals surface area contributed by atoms with Crippen LogP contribution in [0.1, 0.15) is 50.8 Å². The number of fused-ring (bicyclic) bond motifs is 5. The smallest absolute Gasteiger partial charge is 0.136 e. The van der Waals surface area contributed by atoms with Gasteiger partial charge in [-0.2, -0.15) is 0 Å². The van der Waals surface area contributed by atoms with Gasteiger partial charge in [-0.15, -0.1) is 0 Å². The number of para-hydroxylation sites is 1. The minimum Gasteiger partial charge on any atom is -0.456 e. The highest BCUT2D eigenvalue weighted by Gasteiger charge is 2.20. The van der Waals surface area contributed by atoms with Gasteiger partial charge < -0.3 is 4.42 Å². The van der Waals surface area contributed by atoms with Gasteiger partial charge >= 0.3 is 0 Å². The first-order valence-corrected chi connectivity index (χ1v) is 11.6. The Morgan fingerprint density at radius 3 is 1.92 bits per heavy atom. The third-order valence-corrected chi connectivity index (χ3v) is 6.39. The highest BCUT2D eigenvalue weighted by Crippen LogP contribution is 2.46. The number of benzene rings is 6. The normalized spacial score (nSPS) is 26.7. The summed E-state index contributed by atoms with van der Waals surface area (Å²) in [5.74, 6) is -1.77. The van der Waals surface area contributed by atoms with Crippen LogP contribution in [0.2, 0.25) is 0 Å². The third kappa shape index (κ3) is 3.47. The van der Waals surface area contributed by atoms with Crippen LogP contribution >= 0.6 is 0 Å². The highest BCUT2D eigenvalue weighted by molar-refractivity contribution is 6.25. The van der Waals surface area contributed by atoms with Crippen molar-refractivity contribution in [1.29, 1.82) is 0 Å². The van der Waals surface area contributed by atoms with Gasteiger partial charge in [0.15, 0.2) is 0 Å². The SMILES string of the molecule is [2H]C1=C([2H])C([2H])C(c2c([2H])c([2H])c(-c3c4c([2H])c([2H])c([2H])c([2H])c4c(-c4c([2H])c([2H])c([2H])c5oc6c([2H])c([2H])c([2H])c([2H])c6c45)c4c([2H])c([2H])c([2H])c([2H])c34)c([2H])c2[2H])C([2H])=C1[2H]. The lowest BCUT2D eigenvalue weighted by Gasteiger charge is -2.19. The summed E-state index contributed by atoms with van der Waals surface area (Å²) in [5.41, 5.74) is -4.42. The van der Waals surface area contributed by atoms with Crippen LogP contribution in [0.25, 0.3) is 65.7 Å². The van der Waals surface area contributed by atoms with Gasteiger partial charge in [0.25, 0.3) is 0 Å².